The summed E-state index contributed by atoms with van der Waals surface area (Å²) in [5, 5.41) is 0. The van der Waals surface area contributed by atoms with Crippen LogP contribution < -0.4 is 5.73 Å². The van der Waals surface area contributed by atoms with E-state index in [4.69, 9.17) is 5.73 Å². The number of likely N-dealkylation sites (N-methyl/N-ethyl adjacent to an activating group) is 1. The first-order valence-electron chi connectivity index (χ1n) is 8.59. The molecule has 0 aliphatic heterocycles. The van der Waals surface area contributed by atoms with Crippen molar-refractivity contribution in [2.75, 3.05) is 20.1 Å². The van der Waals surface area contributed by atoms with Crippen LogP contribution in [-0.4, -0.2) is 30.6 Å². The van der Waals surface area contributed by atoms with E-state index in [1.165, 1.54) is 77.2 Å². The Labute approximate surface area is 119 Å². The van der Waals surface area contributed by atoms with Crippen LogP contribution in [0.25, 0.3) is 0 Å². The van der Waals surface area contributed by atoms with E-state index >= 15 is 0 Å². The highest BCUT2D eigenvalue weighted by molar-refractivity contribution is 5.01. The van der Waals surface area contributed by atoms with Crippen molar-refractivity contribution in [2.45, 2.75) is 76.2 Å². The first-order valence-corrected chi connectivity index (χ1v) is 8.59. The number of nitrogens with two attached hydrogens (primary N) is 1. The number of nitrogens with zero attached hydrogens (tertiary/aromatic N) is 1. The Bertz CT molecular complexity index is 292. The number of hydrogen-bond donors (Lipinski definition) is 1. The summed E-state index contributed by atoms with van der Waals surface area (Å²) in [4.78, 5) is 2.65. The summed E-state index contributed by atoms with van der Waals surface area (Å²) in [6.45, 7) is 2.16. The van der Waals surface area contributed by atoms with Gasteiger partial charge >= 0.3 is 0 Å². The van der Waals surface area contributed by atoms with Crippen LogP contribution in [0.5, 0.6) is 0 Å². The average molecular weight is 264 g/mol. The zero-order valence-electron chi connectivity index (χ0n) is 12.8. The molecule has 0 aromatic rings. The van der Waals surface area contributed by atoms with Crippen molar-refractivity contribution in [2.24, 2.45) is 17.1 Å². The van der Waals surface area contributed by atoms with E-state index < -0.39 is 0 Å². The molecule has 110 valence electrons. The molecule has 3 rings (SSSR count). The van der Waals surface area contributed by atoms with E-state index in [0.717, 1.165) is 17.9 Å². The number of rotatable bonds is 4. The van der Waals surface area contributed by atoms with Gasteiger partial charge in [0.15, 0.2) is 0 Å². The topological polar surface area (TPSA) is 29.3 Å². The lowest BCUT2D eigenvalue weighted by molar-refractivity contribution is 0.0139. The first kappa shape index (κ1) is 13.9. The maximum Gasteiger partial charge on any atom is 0.0329 e. The van der Waals surface area contributed by atoms with Crippen molar-refractivity contribution >= 4 is 0 Å². The molecule has 0 heterocycles. The zero-order valence-corrected chi connectivity index (χ0v) is 12.8. The minimum absolute atomic E-state index is 0.337. The quantitative estimate of drug-likeness (QED) is 0.841. The van der Waals surface area contributed by atoms with Crippen LogP contribution in [0.1, 0.15) is 70.6 Å². The van der Waals surface area contributed by atoms with Crippen LogP contribution in [0.2, 0.25) is 0 Å². The van der Waals surface area contributed by atoms with Crippen molar-refractivity contribution in [3.05, 3.63) is 0 Å². The van der Waals surface area contributed by atoms with Gasteiger partial charge in [0.1, 0.15) is 0 Å². The summed E-state index contributed by atoms with van der Waals surface area (Å²) in [7, 11) is 2.35. The molecule has 0 bridgehead atoms. The smallest absolute Gasteiger partial charge is 0.0329 e. The molecule has 3 saturated carbocycles. The standard InChI is InChI=1S/C17H32N2/c1-19(13-15-5-4-6-15)17(14-18)11-9-16(10-12-17)7-2-3-8-16/h15H,2-14,18H2,1H3. The Kier molecular flexibility index (Phi) is 3.92. The number of hydrogen-bond acceptors (Lipinski definition) is 2. The van der Waals surface area contributed by atoms with Gasteiger partial charge in [0.25, 0.3) is 0 Å². The van der Waals surface area contributed by atoms with Crippen LogP contribution in [-0.2, 0) is 0 Å². The molecule has 0 atom stereocenters. The molecule has 0 aromatic heterocycles. The zero-order chi connectivity index (χ0) is 13.3. The minimum Gasteiger partial charge on any atom is -0.329 e. The predicted octanol–water partition coefficient (Wildman–Crippen LogP) is 3.55. The fraction of sp³-hybridized carbons (Fsp3) is 1.00. The Hall–Kier alpha value is -0.0800. The summed E-state index contributed by atoms with van der Waals surface area (Å²) in [5.74, 6) is 0.968. The highest BCUT2D eigenvalue weighted by atomic mass is 15.2. The molecular formula is C17H32N2. The van der Waals surface area contributed by atoms with E-state index in [1.807, 2.05) is 0 Å². The average Bonchev–Trinajstić information content (AvgIpc) is 2.84. The normalized spacial score (nSPS) is 29.8. The lowest BCUT2D eigenvalue weighted by Gasteiger charge is -2.50. The molecule has 0 saturated heterocycles. The van der Waals surface area contributed by atoms with Gasteiger partial charge < -0.3 is 5.73 Å². The summed E-state index contributed by atoms with van der Waals surface area (Å²) in [6, 6.07) is 0. The van der Waals surface area contributed by atoms with Gasteiger partial charge in [0.2, 0.25) is 0 Å². The highest BCUT2D eigenvalue weighted by Gasteiger charge is 2.45. The summed E-state index contributed by atoms with van der Waals surface area (Å²) < 4.78 is 0. The molecule has 0 unspecified atom stereocenters. The van der Waals surface area contributed by atoms with Gasteiger partial charge in [-0.05, 0) is 69.7 Å². The summed E-state index contributed by atoms with van der Waals surface area (Å²) >= 11 is 0. The molecular weight excluding hydrogens is 232 g/mol. The third-order valence-corrected chi connectivity index (χ3v) is 6.85. The molecule has 19 heavy (non-hydrogen) atoms. The fourth-order valence-electron chi connectivity index (χ4n) is 4.87. The molecule has 3 fully saturated rings. The van der Waals surface area contributed by atoms with Gasteiger partial charge in [-0.25, -0.2) is 0 Å². The minimum atomic E-state index is 0.337. The van der Waals surface area contributed by atoms with Gasteiger partial charge in [-0.15, -0.1) is 0 Å². The molecule has 0 radical (unpaired) electrons. The van der Waals surface area contributed by atoms with Gasteiger partial charge in [-0.2, -0.15) is 0 Å². The van der Waals surface area contributed by atoms with Crippen molar-refractivity contribution in [1.82, 2.24) is 4.90 Å². The highest BCUT2D eigenvalue weighted by Crippen LogP contribution is 2.52. The van der Waals surface area contributed by atoms with Crippen molar-refractivity contribution in [3.63, 3.8) is 0 Å². The molecule has 0 aromatic carbocycles. The fourth-order valence-corrected chi connectivity index (χ4v) is 4.87. The van der Waals surface area contributed by atoms with E-state index in [0.29, 0.717) is 5.54 Å². The van der Waals surface area contributed by atoms with Crippen LogP contribution >= 0.6 is 0 Å². The summed E-state index contributed by atoms with van der Waals surface area (Å²) in [5.41, 5.74) is 7.29. The first-order chi connectivity index (χ1) is 9.18. The lowest BCUT2D eigenvalue weighted by Crippen LogP contribution is -2.56. The Balaban J connectivity index is 1.60. The largest absolute Gasteiger partial charge is 0.329 e. The second-order valence-corrected chi connectivity index (χ2v) is 7.81. The predicted molar refractivity (Wildman–Crippen MR) is 81.1 cm³/mol. The van der Waals surface area contributed by atoms with Gasteiger partial charge in [-0.3, -0.25) is 4.90 Å². The Morgan fingerprint density at radius 3 is 2.05 bits per heavy atom. The van der Waals surface area contributed by atoms with E-state index in [1.54, 1.807) is 0 Å². The molecule has 2 nitrogen and oxygen atoms in total. The van der Waals surface area contributed by atoms with Crippen molar-refractivity contribution in [3.8, 4) is 0 Å². The Morgan fingerprint density at radius 2 is 1.58 bits per heavy atom. The molecule has 3 aliphatic carbocycles. The van der Waals surface area contributed by atoms with Crippen LogP contribution in [0.3, 0.4) is 0 Å². The van der Waals surface area contributed by atoms with Crippen molar-refractivity contribution < 1.29 is 0 Å². The second kappa shape index (κ2) is 5.37. The maximum absolute atomic E-state index is 6.22. The van der Waals surface area contributed by atoms with E-state index in [-0.39, 0.29) is 0 Å². The van der Waals surface area contributed by atoms with Crippen molar-refractivity contribution in [1.29, 1.82) is 0 Å². The molecule has 1 spiro atoms. The third kappa shape index (κ3) is 2.58. The van der Waals surface area contributed by atoms with Gasteiger partial charge in [0.05, 0.1) is 0 Å². The lowest BCUT2D eigenvalue weighted by atomic mass is 9.65. The molecule has 2 heteroatoms. The van der Waals surface area contributed by atoms with Gasteiger partial charge in [0, 0.05) is 18.6 Å². The van der Waals surface area contributed by atoms with E-state index in [2.05, 4.69) is 11.9 Å². The van der Waals surface area contributed by atoms with Crippen LogP contribution in [0.15, 0.2) is 0 Å². The molecule has 3 aliphatic rings. The summed E-state index contributed by atoms with van der Waals surface area (Å²) in [6.07, 6.45) is 15.9. The van der Waals surface area contributed by atoms with E-state index in [9.17, 15) is 0 Å². The molecule has 0 amide bonds. The molecule has 2 N–H and O–H groups in total. The second-order valence-electron chi connectivity index (χ2n) is 7.81. The Morgan fingerprint density at radius 1 is 0.947 bits per heavy atom. The maximum atomic E-state index is 6.22. The van der Waals surface area contributed by atoms with Crippen LogP contribution in [0, 0.1) is 11.3 Å². The van der Waals surface area contributed by atoms with Gasteiger partial charge in [-0.1, -0.05) is 19.3 Å². The SMILES string of the molecule is CN(CC1CCC1)C1(CN)CCC2(CCCC2)CC1. The van der Waals surface area contributed by atoms with Crippen LogP contribution in [0.4, 0.5) is 0 Å². The monoisotopic (exact) mass is 264 g/mol. The third-order valence-electron chi connectivity index (χ3n) is 6.85.